The van der Waals surface area contributed by atoms with Crippen molar-refractivity contribution < 1.29 is 9.50 Å². The van der Waals surface area contributed by atoms with E-state index in [1.165, 1.54) is 23.5 Å². The minimum absolute atomic E-state index is 0.225. The minimum atomic E-state index is -0.723. The third-order valence-corrected chi connectivity index (χ3v) is 4.71. The van der Waals surface area contributed by atoms with Gasteiger partial charge in [-0.3, -0.25) is 4.98 Å². The first kappa shape index (κ1) is 14.1. The number of hydrogen-bond acceptors (Lipinski definition) is 4. The highest BCUT2D eigenvalue weighted by Crippen LogP contribution is 2.37. The molecule has 2 aromatic heterocycles. The zero-order chi connectivity index (χ0) is 14.8. The van der Waals surface area contributed by atoms with Crippen LogP contribution in [0.4, 0.5) is 4.39 Å². The van der Waals surface area contributed by atoms with Crippen LogP contribution in [0.3, 0.4) is 0 Å². The molecule has 0 amide bonds. The lowest BCUT2D eigenvalue weighted by molar-refractivity contribution is 0.151. The first-order valence-electron chi connectivity index (χ1n) is 6.66. The molecule has 0 saturated heterocycles. The fraction of sp³-hybridized carbons (Fsp3) is 0.188. The summed E-state index contributed by atoms with van der Waals surface area (Å²) in [5.41, 5.74) is 6.72. The molecular weight excluding hydrogens is 287 g/mol. The van der Waals surface area contributed by atoms with Crippen molar-refractivity contribution in [1.82, 2.24) is 4.98 Å². The number of nitrogens with two attached hydrogens (primary N) is 1. The van der Waals surface area contributed by atoms with E-state index in [9.17, 15) is 9.50 Å². The summed E-state index contributed by atoms with van der Waals surface area (Å²) < 4.78 is 14.1. The number of benzene rings is 1. The molecular formula is C16H15FN2OS. The van der Waals surface area contributed by atoms with Crippen molar-refractivity contribution in [2.24, 2.45) is 5.73 Å². The van der Waals surface area contributed by atoms with Gasteiger partial charge in [-0.15, -0.1) is 11.3 Å². The van der Waals surface area contributed by atoms with Crippen LogP contribution < -0.4 is 5.73 Å². The van der Waals surface area contributed by atoms with Gasteiger partial charge in [0.05, 0.1) is 6.10 Å². The number of aliphatic hydroxyl groups is 1. The van der Waals surface area contributed by atoms with E-state index in [1.807, 2.05) is 18.2 Å². The molecule has 3 rings (SSSR count). The second kappa shape index (κ2) is 5.89. The van der Waals surface area contributed by atoms with Gasteiger partial charge in [0.2, 0.25) is 0 Å². The van der Waals surface area contributed by atoms with E-state index in [4.69, 9.17) is 5.73 Å². The van der Waals surface area contributed by atoms with Crippen molar-refractivity contribution in [3.8, 4) is 0 Å². The first-order chi connectivity index (χ1) is 10.2. The highest BCUT2D eigenvalue weighted by Gasteiger charge is 2.23. The molecule has 2 heterocycles. The second-order valence-electron chi connectivity index (χ2n) is 4.90. The van der Waals surface area contributed by atoms with Crippen LogP contribution in [0.15, 0.2) is 48.8 Å². The topological polar surface area (TPSA) is 59.1 Å². The van der Waals surface area contributed by atoms with Gasteiger partial charge in [-0.1, -0.05) is 12.1 Å². The molecule has 21 heavy (non-hydrogen) atoms. The van der Waals surface area contributed by atoms with E-state index in [2.05, 4.69) is 4.98 Å². The molecule has 1 aromatic carbocycles. The van der Waals surface area contributed by atoms with Gasteiger partial charge in [-0.25, -0.2) is 4.39 Å². The van der Waals surface area contributed by atoms with Crippen LogP contribution in [0.5, 0.6) is 0 Å². The maximum Gasteiger partial charge on any atom is 0.124 e. The quantitative estimate of drug-likeness (QED) is 0.778. The number of aromatic nitrogens is 1. The zero-order valence-corrected chi connectivity index (χ0v) is 12.1. The molecule has 0 aliphatic rings. The monoisotopic (exact) mass is 302 g/mol. The lowest BCUT2D eigenvalue weighted by Crippen LogP contribution is -2.19. The highest BCUT2D eigenvalue weighted by atomic mass is 32.1. The van der Waals surface area contributed by atoms with Crippen LogP contribution in [0.2, 0.25) is 0 Å². The maximum absolute atomic E-state index is 13.3. The number of fused-ring (bicyclic) bond motifs is 1. The Balaban J connectivity index is 1.96. The number of halogens is 1. The third-order valence-electron chi connectivity index (χ3n) is 3.54. The molecule has 0 radical (unpaired) electrons. The van der Waals surface area contributed by atoms with Crippen molar-refractivity contribution in [3.63, 3.8) is 0 Å². The van der Waals surface area contributed by atoms with Crippen LogP contribution in [-0.4, -0.2) is 16.6 Å². The number of hydrogen-bond donors (Lipinski definition) is 2. The Morgan fingerprint density at radius 1 is 1.29 bits per heavy atom. The smallest absolute Gasteiger partial charge is 0.124 e. The molecule has 108 valence electrons. The summed E-state index contributed by atoms with van der Waals surface area (Å²) in [6.45, 7) is 0.315. The SMILES string of the molecule is NCC(c1cccnc1)C(O)c1cc2ccc(F)cc2s1. The van der Waals surface area contributed by atoms with Gasteiger partial charge >= 0.3 is 0 Å². The van der Waals surface area contributed by atoms with Gasteiger partial charge in [-0.2, -0.15) is 0 Å². The highest BCUT2D eigenvalue weighted by molar-refractivity contribution is 7.19. The molecule has 3 nitrogen and oxygen atoms in total. The third kappa shape index (κ3) is 2.81. The fourth-order valence-electron chi connectivity index (χ4n) is 2.41. The van der Waals surface area contributed by atoms with Crippen LogP contribution in [0.25, 0.3) is 10.1 Å². The Kier molecular flexibility index (Phi) is 3.96. The van der Waals surface area contributed by atoms with Crippen LogP contribution in [0, 0.1) is 5.82 Å². The standard InChI is InChI=1S/C16H15FN2OS/c17-12-4-3-10-6-15(21-14(10)7-12)16(20)13(8-18)11-2-1-5-19-9-11/h1-7,9,13,16,20H,8,18H2. The normalized spacial score (nSPS) is 14.2. The van der Waals surface area contributed by atoms with Crippen molar-refractivity contribution in [3.05, 3.63) is 65.0 Å². The summed E-state index contributed by atoms with van der Waals surface area (Å²) >= 11 is 1.39. The molecule has 0 fully saturated rings. The molecule has 0 spiro atoms. The molecule has 3 N–H and O–H groups in total. The molecule has 3 aromatic rings. The second-order valence-corrected chi connectivity index (χ2v) is 6.02. The lowest BCUT2D eigenvalue weighted by Gasteiger charge is -2.20. The predicted molar refractivity (Wildman–Crippen MR) is 82.8 cm³/mol. The van der Waals surface area contributed by atoms with E-state index in [1.54, 1.807) is 18.5 Å². The zero-order valence-electron chi connectivity index (χ0n) is 11.2. The van der Waals surface area contributed by atoms with Gasteiger partial charge < -0.3 is 10.8 Å². The summed E-state index contributed by atoms with van der Waals surface area (Å²) in [5, 5.41) is 11.5. The van der Waals surface area contributed by atoms with Crippen molar-refractivity contribution in [2.75, 3.05) is 6.54 Å². The Bertz CT molecular complexity index is 744. The van der Waals surface area contributed by atoms with E-state index >= 15 is 0 Å². The summed E-state index contributed by atoms with van der Waals surface area (Å²) in [6, 6.07) is 10.2. The number of rotatable bonds is 4. The van der Waals surface area contributed by atoms with Crippen molar-refractivity contribution in [2.45, 2.75) is 12.0 Å². The van der Waals surface area contributed by atoms with Crippen LogP contribution >= 0.6 is 11.3 Å². The van der Waals surface area contributed by atoms with Crippen molar-refractivity contribution in [1.29, 1.82) is 0 Å². The van der Waals surface area contributed by atoms with E-state index < -0.39 is 6.10 Å². The Hall–Kier alpha value is -1.82. The molecule has 0 aliphatic heterocycles. The molecule has 0 saturated carbocycles. The van der Waals surface area contributed by atoms with Crippen LogP contribution in [-0.2, 0) is 0 Å². The van der Waals surface area contributed by atoms with Crippen molar-refractivity contribution >= 4 is 21.4 Å². The van der Waals surface area contributed by atoms with E-state index in [0.717, 1.165) is 20.5 Å². The molecule has 2 atom stereocenters. The summed E-state index contributed by atoms with van der Waals surface area (Å²) in [7, 11) is 0. The van der Waals surface area contributed by atoms with E-state index in [-0.39, 0.29) is 11.7 Å². The summed E-state index contributed by atoms with van der Waals surface area (Å²) in [4.78, 5) is 4.86. The average Bonchev–Trinajstić information content (AvgIpc) is 2.92. The van der Waals surface area contributed by atoms with Gasteiger partial charge in [0.1, 0.15) is 5.82 Å². The number of thiophene rings is 1. The maximum atomic E-state index is 13.3. The Labute approximate surface area is 125 Å². The minimum Gasteiger partial charge on any atom is -0.387 e. The molecule has 0 aliphatic carbocycles. The fourth-order valence-corrected chi connectivity index (χ4v) is 3.55. The number of pyridine rings is 1. The number of aliphatic hydroxyl groups excluding tert-OH is 1. The largest absolute Gasteiger partial charge is 0.387 e. The average molecular weight is 302 g/mol. The van der Waals surface area contributed by atoms with Gasteiger partial charge in [0.15, 0.2) is 0 Å². The van der Waals surface area contributed by atoms with Crippen LogP contribution in [0.1, 0.15) is 22.5 Å². The Morgan fingerprint density at radius 3 is 2.86 bits per heavy atom. The van der Waals surface area contributed by atoms with Gasteiger partial charge in [0.25, 0.3) is 0 Å². The molecule has 5 heteroatoms. The Morgan fingerprint density at radius 2 is 2.14 bits per heavy atom. The lowest BCUT2D eigenvalue weighted by atomic mass is 9.94. The predicted octanol–water partition coefficient (Wildman–Crippen LogP) is 3.21. The van der Waals surface area contributed by atoms with Gasteiger partial charge in [-0.05, 0) is 35.2 Å². The summed E-state index contributed by atoms with van der Waals surface area (Å²) in [5.74, 6) is -0.496. The first-order valence-corrected chi connectivity index (χ1v) is 7.47. The summed E-state index contributed by atoms with van der Waals surface area (Å²) in [6.07, 6.45) is 2.68. The molecule has 0 bridgehead atoms. The van der Waals surface area contributed by atoms with E-state index in [0.29, 0.717) is 6.54 Å². The number of nitrogens with zero attached hydrogens (tertiary/aromatic N) is 1. The van der Waals surface area contributed by atoms with Gasteiger partial charge in [0, 0.05) is 34.4 Å². The molecule has 2 unspecified atom stereocenters.